The lowest BCUT2D eigenvalue weighted by atomic mass is 9.63. The third-order valence-electron chi connectivity index (χ3n) is 8.07. The van der Waals surface area contributed by atoms with Crippen LogP contribution in [0.1, 0.15) is 17.5 Å². The number of allylic oxidation sites excluding steroid dienone is 2. The average Bonchev–Trinajstić information content (AvgIpc) is 3.54. The van der Waals surface area contributed by atoms with E-state index < -0.39 is 0 Å². The van der Waals surface area contributed by atoms with Gasteiger partial charge in [0.05, 0.1) is 18.1 Å². The van der Waals surface area contributed by atoms with Crippen molar-refractivity contribution in [2.24, 2.45) is 40.6 Å². The first-order valence-corrected chi connectivity index (χ1v) is 11.9. The number of hydrogen-bond acceptors (Lipinski definition) is 3. The molecule has 8 rings (SSSR count). The van der Waals surface area contributed by atoms with Crippen LogP contribution in [0.3, 0.4) is 0 Å². The second kappa shape index (κ2) is 6.91. The SMILES string of the molecule is O=C1C2C3C=CC(C4CC34)C2C(=O)N1/N=C/c1cn(Cc2ccccc2Cl)c2ccccc12. The van der Waals surface area contributed by atoms with E-state index in [4.69, 9.17) is 11.6 Å². The minimum atomic E-state index is -0.227. The maximum Gasteiger partial charge on any atom is 0.254 e. The molecule has 2 heterocycles. The van der Waals surface area contributed by atoms with Crippen LogP contribution in [0.5, 0.6) is 0 Å². The minimum Gasteiger partial charge on any atom is -0.342 e. The van der Waals surface area contributed by atoms with Crippen LogP contribution in [0.25, 0.3) is 10.9 Å². The summed E-state index contributed by atoms with van der Waals surface area (Å²) in [5, 5.41) is 7.34. The van der Waals surface area contributed by atoms with E-state index in [9.17, 15) is 9.59 Å². The summed E-state index contributed by atoms with van der Waals surface area (Å²) < 4.78 is 2.13. The van der Waals surface area contributed by atoms with Gasteiger partial charge >= 0.3 is 0 Å². The first kappa shape index (κ1) is 19.3. The number of hydrogen-bond donors (Lipinski definition) is 0. The number of nitrogens with zero attached hydrogens (tertiary/aromatic N) is 3. The molecule has 1 saturated heterocycles. The van der Waals surface area contributed by atoms with Crippen molar-refractivity contribution in [3.63, 3.8) is 0 Å². The third-order valence-corrected chi connectivity index (χ3v) is 8.44. The number of carbonyl (C=O) groups is 2. The zero-order valence-corrected chi connectivity index (χ0v) is 18.6. The minimum absolute atomic E-state index is 0.134. The Labute approximate surface area is 196 Å². The molecule has 5 nitrogen and oxygen atoms in total. The fourth-order valence-corrected chi connectivity index (χ4v) is 6.69. The van der Waals surface area contributed by atoms with Crippen molar-refractivity contribution in [2.45, 2.75) is 13.0 Å². The summed E-state index contributed by atoms with van der Waals surface area (Å²) in [5.41, 5.74) is 2.95. The number of halogens is 1. The average molecular weight is 456 g/mol. The second-order valence-electron chi connectivity index (χ2n) is 9.71. The second-order valence-corrected chi connectivity index (χ2v) is 10.1. The Hall–Kier alpha value is -3.18. The number of imide groups is 1. The van der Waals surface area contributed by atoms with Crippen LogP contribution in [-0.4, -0.2) is 27.6 Å². The number of para-hydroxylation sites is 1. The zero-order valence-electron chi connectivity index (χ0n) is 17.8. The van der Waals surface area contributed by atoms with Crippen LogP contribution >= 0.6 is 11.6 Å². The van der Waals surface area contributed by atoms with Crippen LogP contribution < -0.4 is 0 Å². The third kappa shape index (κ3) is 2.75. The molecule has 3 fully saturated rings. The van der Waals surface area contributed by atoms with E-state index in [1.807, 2.05) is 48.7 Å². The lowest BCUT2D eigenvalue weighted by Gasteiger charge is -2.37. The first-order chi connectivity index (χ1) is 16.1. The first-order valence-electron chi connectivity index (χ1n) is 11.5. The van der Waals surface area contributed by atoms with Gasteiger partial charge in [-0.2, -0.15) is 10.1 Å². The van der Waals surface area contributed by atoms with E-state index in [1.54, 1.807) is 6.21 Å². The lowest BCUT2D eigenvalue weighted by molar-refractivity contribution is -0.140. The summed E-state index contributed by atoms with van der Waals surface area (Å²) in [4.78, 5) is 26.4. The zero-order chi connectivity index (χ0) is 22.3. The predicted octanol–water partition coefficient (Wildman–Crippen LogP) is 4.73. The largest absolute Gasteiger partial charge is 0.342 e. The molecule has 6 unspecified atom stereocenters. The number of fused-ring (bicyclic) bond motifs is 1. The topological polar surface area (TPSA) is 54.7 Å². The van der Waals surface area contributed by atoms with Gasteiger partial charge in [0.2, 0.25) is 0 Å². The van der Waals surface area contributed by atoms with Crippen LogP contribution in [0.4, 0.5) is 0 Å². The molecule has 0 spiro atoms. The van der Waals surface area contributed by atoms with Gasteiger partial charge in [-0.1, -0.05) is 60.2 Å². The molecule has 2 saturated carbocycles. The fraction of sp³-hybridized carbons (Fsp3) is 0.296. The molecule has 0 N–H and O–H groups in total. The molecule has 6 atom stereocenters. The monoisotopic (exact) mass is 455 g/mol. The Balaban J connectivity index is 1.22. The summed E-state index contributed by atoms with van der Waals surface area (Å²) in [6, 6.07) is 15.9. The number of carbonyl (C=O) groups excluding carboxylic acids is 2. The molecule has 3 aromatic rings. The van der Waals surface area contributed by atoms with Gasteiger partial charge in [0, 0.05) is 34.2 Å². The van der Waals surface area contributed by atoms with Gasteiger partial charge in [-0.05, 0) is 47.8 Å². The number of benzene rings is 2. The quantitative estimate of drug-likeness (QED) is 0.324. The number of hydrazone groups is 1. The van der Waals surface area contributed by atoms with Crippen molar-refractivity contribution in [3.8, 4) is 0 Å². The molecule has 2 amide bonds. The molecule has 1 aromatic heterocycles. The molecule has 164 valence electrons. The van der Waals surface area contributed by atoms with Crippen molar-refractivity contribution in [1.82, 2.24) is 9.58 Å². The molecule has 2 bridgehead atoms. The highest BCUT2D eigenvalue weighted by Gasteiger charge is 2.67. The fourth-order valence-electron chi connectivity index (χ4n) is 6.49. The Bertz CT molecular complexity index is 1350. The highest BCUT2D eigenvalue weighted by molar-refractivity contribution is 6.31. The van der Waals surface area contributed by atoms with Crippen molar-refractivity contribution in [3.05, 3.63) is 83.0 Å². The number of rotatable bonds is 4. The van der Waals surface area contributed by atoms with Crippen molar-refractivity contribution in [2.75, 3.05) is 0 Å². The van der Waals surface area contributed by atoms with Crippen LogP contribution in [-0.2, 0) is 16.1 Å². The van der Waals surface area contributed by atoms with E-state index in [0.29, 0.717) is 18.4 Å². The Morgan fingerprint density at radius 1 is 0.939 bits per heavy atom. The van der Waals surface area contributed by atoms with Crippen LogP contribution in [0, 0.1) is 35.5 Å². The lowest BCUT2D eigenvalue weighted by Crippen LogP contribution is -2.40. The van der Waals surface area contributed by atoms with Gasteiger partial charge in [-0.3, -0.25) is 9.59 Å². The summed E-state index contributed by atoms with van der Waals surface area (Å²) in [7, 11) is 0. The number of aromatic nitrogens is 1. The highest BCUT2D eigenvalue weighted by Crippen LogP contribution is 2.65. The summed E-state index contributed by atoms with van der Waals surface area (Å²) in [6.07, 6.45) is 9.19. The Kier molecular flexibility index (Phi) is 4.04. The van der Waals surface area contributed by atoms with Gasteiger partial charge in [0.1, 0.15) is 0 Å². The summed E-state index contributed by atoms with van der Waals surface area (Å²) in [6.45, 7) is 0.623. The predicted molar refractivity (Wildman–Crippen MR) is 127 cm³/mol. The van der Waals surface area contributed by atoms with Gasteiger partial charge in [-0.15, -0.1) is 0 Å². The van der Waals surface area contributed by atoms with E-state index in [1.165, 1.54) is 0 Å². The molecular formula is C27H22ClN3O2. The molecule has 5 aliphatic rings. The molecule has 6 heteroatoms. The van der Waals surface area contributed by atoms with E-state index in [2.05, 4.69) is 27.9 Å². The summed E-state index contributed by atoms with van der Waals surface area (Å²) in [5.74, 6) is 0.870. The molecular weight excluding hydrogens is 434 g/mol. The molecule has 4 aliphatic carbocycles. The summed E-state index contributed by atoms with van der Waals surface area (Å²) >= 11 is 6.39. The van der Waals surface area contributed by atoms with E-state index in [0.717, 1.165) is 38.5 Å². The molecule has 2 aromatic carbocycles. The standard InChI is InChI=1S/C27H22ClN3O2/c28-22-7-3-1-5-15(22)13-30-14-16(17-6-2-4-8-23(17)30)12-29-31-26(32)24-18-9-10-19(21-11-20(18)21)25(24)27(31)33/h1-10,12,14,18-21,24-25H,11,13H2/b29-12+. The van der Waals surface area contributed by atoms with Gasteiger partial charge < -0.3 is 4.57 Å². The molecule has 33 heavy (non-hydrogen) atoms. The van der Waals surface area contributed by atoms with Crippen LogP contribution in [0.2, 0.25) is 5.02 Å². The van der Waals surface area contributed by atoms with Crippen LogP contribution in [0.15, 0.2) is 72.0 Å². The van der Waals surface area contributed by atoms with Crippen molar-refractivity contribution < 1.29 is 9.59 Å². The van der Waals surface area contributed by atoms with Gasteiger partial charge in [-0.25, -0.2) is 0 Å². The van der Waals surface area contributed by atoms with Crippen molar-refractivity contribution >= 4 is 40.5 Å². The Morgan fingerprint density at radius 3 is 2.33 bits per heavy atom. The molecule has 0 radical (unpaired) electrons. The smallest absolute Gasteiger partial charge is 0.254 e. The van der Waals surface area contributed by atoms with Gasteiger partial charge in [0.15, 0.2) is 0 Å². The maximum absolute atomic E-state index is 13.2. The number of amides is 2. The molecule has 1 aliphatic heterocycles. The maximum atomic E-state index is 13.2. The van der Waals surface area contributed by atoms with Crippen molar-refractivity contribution in [1.29, 1.82) is 0 Å². The van der Waals surface area contributed by atoms with Gasteiger partial charge in [0.25, 0.3) is 11.8 Å². The highest BCUT2D eigenvalue weighted by atomic mass is 35.5. The normalized spacial score (nSPS) is 31.6. The van der Waals surface area contributed by atoms with E-state index >= 15 is 0 Å². The van der Waals surface area contributed by atoms with E-state index in [-0.39, 0.29) is 35.5 Å². The Morgan fingerprint density at radius 2 is 1.61 bits per heavy atom.